The van der Waals surface area contributed by atoms with Gasteiger partial charge in [0.05, 0.1) is 25.2 Å². The minimum atomic E-state index is -0.342. The summed E-state index contributed by atoms with van der Waals surface area (Å²) in [6.45, 7) is 6.69. The topological polar surface area (TPSA) is 66.8 Å². The molecule has 27 heavy (non-hydrogen) atoms. The molecule has 4 nitrogen and oxygen atoms in total. The number of aliphatic hydroxyl groups excluding tert-OH is 2. The van der Waals surface area contributed by atoms with E-state index in [4.69, 9.17) is 4.74 Å². The second-order valence-corrected chi connectivity index (χ2v) is 10.7. The average molecular weight is 379 g/mol. The van der Waals surface area contributed by atoms with Crippen molar-refractivity contribution in [2.75, 3.05) is 7.11 Å². The largest absolute Gasteiger partial charge is 0.469 e. The Labute approximate surface area is 164 Å². The maximum atomic E-state index is 12.2. The van der Waals surface area contributed by atoms with Crippen LogP contribution < -0.4 is 0 Å². The minimum absolute atomic E-state index is 0.129. The van der Waals surface area contributed by atoms with Crippen molar-refractivity contribution in [2.24, 2.45) is 46.3 Å². The third-order valence-corrected chi connectivity index (χ3v) is 9.99. The second-order valence-electron chi connectivity index (χ2n) is 10.7. The molecule has 0 radical (unpaired) electrons. The van der Waals surface area contributed by atoms with E-state index < -0.39 is 0 Å². The van der Waals surface area contributed by atoms with Crippen LogP contribution in [0, 0.1) is 46.3 Å². The summed E-state index contributed by atoms with van der Waals surface area (Å²) in [5.41, 5.74) is 0.0860. The van der Waals surface area contributed by atoms with Gasteiger partial charge in [0.1, 0.15) is 0 Å². The molecule has 4 aliphatic carbocycles. The predicted molar refractivity (Wildman–Crippen MR) is 104 cm³/mol. The lowest BCUT2D eigenvalue weighted by molar-refractivity contribution is -0.179. The number of rotatable bonds is 2. The van der Waals surface area contributed by atoms with Crippen LogP contribution in [0.25, 0.3) is 0 Å². The summed E-state index contributed by atoms with van der Waals surface area (Å²) in [4.78, 5) is 12.2. The summed E-state index contributed by atoms with van der Waals surface area (Å²) < 4.78 is 5.04. The molecule has 2 N–H and O–H groups in total. The number of carbonyl (C=O) groups is 1. The maximum absolute atomic E-state index is 12.2. The van der Waals surface area contributed by atoms with E-state index in [0.717, 1.165) is 38.5 Å². The van der Waals surface area contributed by atoms with Crippen molar-refractivity contribution >= 4 is 5.97 Å². The van der Waals surface area contributed by atoms with Gasteiger partial charge < -0.3 is 14.9 Å². The first-order chi connectivity index (χ1) is 12.7. The molecular formula is C23H38O4. The monoisotopic (exact) mass is 378 g/mol. The fraction of sp³-hybridized carbons (Fsp3) is 0.957. The molecule has 10 atom stereocenters. The molecule has 154 valence electrons. The summed E-state index contributed by atoms with van der Waals surface area (Å²) in [5, 5.41) is 21.6. The van der Waals surface area contributed by atoms with E-state index in [0.29, 0.717) is 23.7 Å². The molecule has 0 heterocycles. The van der Waals surface area contributed by atoms with Crippen LogP contribution in [0.5, 0.6) is 0 Å². The number of esters is 1. The van der Waals surface area contributed by atoms with E-state index in [1.165, 1.54) is 20.0 Å². The highest BCUT2D eigenvalue weighted by Gasteiger charge is 2.64. The maximum Gasteiger partial charge on any atom is 0.308 e. The van der Waals surface area contributed by atoms with Crippen LogP contribution in [0.1, 0.15) is 72.1 Å². The minimum Gasteiger partial charge on any atom is -0.469 e. The van der Waals surface area contributed by atoms with Crippen LogP contribution in [-0.4, -0.2) is 35.5 Å². The van der Waals surface area contributed by atoms with Crippen molar-refractivity contribution in [3.63, 3.8) is 0 Å². The predicted octanol–water partition coefficient (Wildman–Crippen LogP) is 3.79. The van der Waals surface area contributed by atoms with Gasteiger partial charge in [0.25, 0.3) is 0 Å². The Balaban J connectivity index is 1.62. The SMILES string of the molecule is COC(=O)[C@H](C)[C@@H]1CC[C@@H]2[C@H]3CC[C@H]4C[C@@H](O)CC[C@]4(C)[C@@H]3C[C@@H](O)[C@@]21C. The van der Waals surface area contributed by atoms with E-state index >= 15 is 0 Å². The number of fused-ring (bicyclic) bond motifs is 5. The first-order valence-electron chi connectivity index (χ1n) is 11.2. The summed E-state index contributed by atoms with van der Waals surface area (Å²) >= 11 is 0. The van der Waals surface area contributed by atoms with Crippen molar-refractivity contribution in [1.82, 2.24) is 0 Å². The highest BCUT2D eigenvalue weighted by molar-refractivity contribution is 5.72. The molecule has 4 aliphatic rings. The quantitative estimate of drug-likeness (QED) is 0.718. The number of aliphatic hydroxyl groups is 2. The van der Waals surface area contributed by atoms with Gasteiger partial charge in [-0.3, -0.25) is 4.79 Å². The summed E-state index contributed by atoms with van der Waals surface area (Å²) in [7, 11) is 1.47. The normalized spacial score (nSPS) is 53.0. The lowest BCUT2D eigenvalue weighted by Crippen LogP contribution is -2.59. The number of ether oxygens (including phenoxy) is 1. The van der Waals surface area contributed by atoms with Gasteiger partial charge in [0.2, 0.25) is 0 Å². The van der Waals surface area contributed by atoms with Crippen LogP contribution in [-0.2, 0) is 9.53 Å². The van der Waals surface area contributed by atoms with Crippen LogP contribution >= 0.6 is 0 Å². The van der Waals surface area contributed by atoms with Gasteiger partial charge in [-0.25, -0.2) is 0 Å². The van der Waals surface area contributed by atoms with Crippen molar-refractivity contribution in [3.05, 3.63) is 0 Å². The Hall–Kier alpha value is -0.610. The molecule has 0 amide bonds. The molecule has 4 rings (SSSR count). The lowest BCUT2D eigenvalue weighted by Gasteiger charge is -2.62. The Bertz CT molecular complexity index is 591. The Morgan fingerprint density at radius 2 is 1.78 bits per heavy atom. The second kappa shape index (κ2) is 6.73. The highest BCUT2D eigenvalue weighted by atomic mass is 16.5. The van der Waals surface area contributed by atoms with Crippen molar-refractivity contribution in [1.29, 1.82) is 0 Å². The van der Waals surface area contributed by atoms with E-state index in [2.05, 4.69) is 13.8 Å². The molecule has 0 unspecified atom stereocenters. The zero-order valence-corrected chi connectivity index (χ0v) is 17.5. The standard InChI is InChI=1S/C23H38O4/c1-13(21(26)27-4)17-7-8-18-16-6-5-14-11-15(24)9-10-22(14,2)19(16)12-20(25)23(17,18)3/h13-20,24-25H,5-12H2,1-4H3/t13-,14+,15+,16-,17+,18-,19-,20-,22+,23-/m1/s1. The molecule has 0 aromatic carbocycles. The third kappa shape index (κ3) is 2.73. The van der Waals surface area contributed by atoms with Crippen LogP contribution in [0.4, 0.5) is 0 Å². The zero-order valence-electron chi connectivity index (χ0n) is 17.5. The Kier molecular flexibility index (Phi) is 4.91. The Morgan fingerprint density at radius 3 is 2.48 bits per heavy atom. The van der Waals surface area contributed by atoms with Crippen LogP contribution in [0.3, 0.4) is 0 Å². The molecule has 0 bridgehead atoms. The molecule has 4 heteroatoms. The summed E-state index contributed by atoms with van der Waals surface area (Å²) in [6.07, 6.45) is 7.94. The van der Waals surface area contributed by atoms with E-state index in [9.17, 15) is 15.0 Å². The third-order valence-electron chi connectivity index (χ3n) is 9.99. The van der Waals surface area contributed by atoms with Gasteiger partial charge >= 0.3 is 5.97 Å². The van der Waals surface area contributed by atoms with Crippen LogP contribution in [0.2, 0.25) is 0 Å². The van der Waals surface area contributed by atoms with E-state index in [1.807, 2.05) is 6.92 Å². The Morgan fingerprint density at radius 1 is 1.04 bits per heavy atom. The smallest absolute Gasteiger partial charge is 0.308 e. The molecule has 0 aliphatic heterocycles. The van der Waals surface area contributed by atoms with Gasteiger partial charge in [-0.1, -0.05) is 20.8 Å². The van der Waals surface area contributed by atoms with Crippen molar-refractivity contribution in [3.8, 4) is 0 Å². The molecule has 4 fully saturated rings. The fourth-order valence-corrected chi connectivity index (χ4v) is 8.40. The van der Waals surface area contributed by atoms with Gasteiger partial charge in [-0.2, -0.15) is 0 Å². The highest BCUT2D eigenvalue weighted by Crippen LogP contribution is 2.68. The van der Waals surface area contributed by atoms with Gasteiger partial charge in [0, 0.05) is 5.41 Å². The summed E-state index contributed by atoms with van der Waals surface area (Å²) in [6, 6.07) is 0. The van der Waals surface area contributed by atoms with Crippen LogP contribution in [0.15, 0.2) is 0 Å². The van der Waals surface area contributed by atoms with Gasteiger partial charge in [-0.05, 0) is 86.4 Å². The van der Waals surface area contributed by atoms with Gasteiger partial charge in [0.15, 0.2) is 0 Å². The van der Waals surface area contributed by atoms with Crippen molar-refractivity contribution < 1.29 is 19.7 Å². The molecule has 0 saturated heterocycles. The molecular weight excluding hydrogens is 340 g/mol. The molecule has 0 aromatic rings. The van der Waals surface area contributed by atoms with Crippen molar-refractivity contribution in [2.45, 2.75) is 84.3 Å². The van der Waals surface area contributed by atoms with E-state index in [1.54, 1.807) is 0 Å². The average Bonchev–Trinajstić information content (AvgIpc) is 3.01. The molecule has 4 saturated carbocycles. The lowest BCUT2D eigenvalue weighted by atomic mass is 9.43. The molecule has 0 aromatic heterocycles. The number of methoxy groups -OCH3 is 1. The number of hydrogen-bond acceptors (Lipinski definition) is 4. The first-order valence-corrected chi connectivity index (χ1v) is 11.2. The number of hydrogen-bond donors (Lipinski definition) is 2. The van der Waals surface area contributed by atoms with Gasteiger partial charge in [-0.15, -0.1) is 0 Å². The first kappa shape index (κ1) is 19.7. The van der Waals surface area contributed by atoms with E-state index in [-0.39, 0.29) is 40.8 Å². The zero-order chi connectivity index (χ0) is 19.6. The molecule has 0 spiro atoms. The fourth-order valence-electron chi connectivity index (χ4n) is 8.40. The number of carbonyl (C=O) groups excluding carboxylic acids is 1. The summed E-state index contributed by atoms with van der Waals surface area (Å²) in [5.74, 6) is 2.26.